The Balaban J connectivity index is 3.12. The number of ether oxygens (including phenoxy) is 1. The normalized spacial score (nSPS) is 12.6. The summed E-state index contributed by atoms with van der Waals surface area (Å²) in [7, 11) is 1.56. The van der Waals surface area contributed by atoms with Gasteiger partial charge in [-0.3, -0.25) is 0 Å². The van der Waals surface area contributed by atoms with Crippen LogP contribution in [0.4, 0.5) is 0 Å². The van der Waals surface area contributed by atoms with E-state index in [1.54, 1.807) is 13.2 Å². The van der Waals surface area contributed by atoms with Crippen LogP contribution in [0.5, 0.6) is 5.75 Å². The summed E-state index contributed by atoms with van der Waals surface area (Å²) in [5.74, 6) is 0.639. The first-order valence-corrected chi connectivity index (χ1v) is 4.70. The molecular formula is C9H12BrNO2. The summed E-state index contributed by atoms with van der Waals surface area (Å²) in [4.78, 5) is 0. The molecule has 0 amide bonds. The summed E-state index contributed by atoms with van der Waals surface area (Å²) in [6, 6.07) is 5.48. The quantitative estimate of drug-likeness (QED) is 0.848. The highest BCUT2D eigenvalue weighted by Crippen LogP contribution is 2.32. The Morgan fingerprint density at radius 2 is 2.31 bits per heavy atom. The number of nitrogens with two attached hydrogens (primary N) is 1. The second kappa shape index (κ2) is 4.60. The molecule has 0 aliphatic rings. The minimum atomic E-state index is -0.674. The molecule has 0 spiro atoms. The van der Waals surface area contributed by atoms with Gasteiger partial charge >= 0.3 is 0 Å². The minimum Gasteiger partial charge on any atom is -0.495 e. The monoisotopic (exact) mass is 245 g/mol. The van der Waals surface area contributed by atoms with Gasteiger partial charge in [-0.15, -0.1) is 0 Å². The van der Waals surface area contributed by atoms with Gasteiger partial charge in [-0.25, -0.2) is 0 Å². The van der Waals surface area contributed by atoms with E-state index in [2.05, 4.69) is 15.9 Å². The maximum absolute atomic E-state index is 9.54. The molecule has 4 heteroatoms. The maximum atomic E-state index is 9.54. The van der Waals surface area contributed by atoms with E-state index in [9.17, 15) is 5.11 Å². The van der Waals surface area contributed by atoms with Crippen LogP contribution >= 0.6 is 15.9 Å². The topological polar surface area (TPSA) is 55.5 Å². The molecule has 0 heterocycles. The van der Waals surface area contributed by atoms with Crippen molar-refractivity contribution in [3.05, 3.63) is 28.2 Å². The van der Waals surface area contributed by atoms with Crippen molar-refractivity contribution in [1.82, 2.24) is 0 Å². The van der Waals surface area contributed by atoms with Crippen LogP contribution in [0.25, 0.3) is 0 Å². The third-order valence-corrected chi connectivity index (χ3v) is 2.41. The van der Waals surface area contributed by atoms with Crippen LogP contribution in [0.3, 0.4) is 0 Å². The molecule has 1 aromatic rings. The van der Waals surface area contributed by atoms with Crippen LogP contribution in [0.1, 0.15) is 11.7 Å². The third-order valence-electron chi connectivity index (χ3n) is 1.78. The molecule has 3 N–H and O–H groups in total. The molecule has 1 unspecified atom stereocenters. The molecular weight excluding hydrogens is 234 g/mol. The summed E-state index contributed by atoms with van der Waals surface area (Å²) in [5, 5.41) is 9.54. The molecule has 1 aromatic carbocycles. The number of halogens is 1. The fourth-order valence-electron chi connectivity index (χ4n) is 1.13. The van der Waals surface area contributed by atoms with Crippen molar-refractivity contribution < 1.29 is 9.84 Å². The summed E-state index contributed by atoms with van der Waals surface area (Å²) >= 11 is 3.33. The summed E-state index contributed by atoms with van der Waals surface area (Å²) in [5.41, 5.74) is 6.06. The molecule has 0 saturated carbocycles. The fraction of sp³-hybridized carbons (Fsp3) is 0.333. The molecule has 0 radical (unpaired) electrons. The van der Waals surface area contributed by atoms with Gasteiger partial charge in [-0.2, -0.15) is 0 Å². The number of methoxy groups -OCH3 is 1. The van der Waals surface area contributed by atoms with Gasteiger partial charge in [0.15, 0.2) is 0 Å². The lowest BCUT2D eigenvalue weighted by molar-refractivity contribution is 0.182. The second-order valence-corrected chi connectivity index (χ2v) is 3.47. The predicted octanol–water partition coefficient (Wildman–Crippen LogP) is 1.45. The van der Waals surface area contributed by atoms with E-state index in [0.29, 0.717) is 11.3 Å². The maximum Gasteiger partial charge on any atom is 0.138 e. The van der Waals surface area contributed by atoms with E-state index in [-0.39, 0.29) is 6.54 Å². The zero-order valence-corrected chi connectivity index (χ0v) is 8.91. The molecule has 13 heavy (non-hydrogen) atoms. The Labute approximate surface area is 85.6 Å². The first kappa shape index (κ1) is 10.5. The molecule has 3 nitrogen and oxygen atoms in total. The SMILES string of the molecule is COc1c(Br)cccc1C(O)CN. The zero-order chi connectivity index (χ0) is 9.84. The van der Waals surface area contributed by atoms with Gasteiger partial charge in [0, 0.05) is 12.1 Å². The summed E-state index contributed by atoms with van der Waals surface area (Å²) < 4.78 is 5.96. The number of hydrogen-bond acceptors (Lipinski definition) is 3. The number of aliphatic hydroxyl groups excluding tert-OH is 1. The van der Waals surface area contributed by atoms with Crippen LogP contribution in [0.2, 0.25) is 0 Å². The van der Waals surface area contributed by atoms with Crippen molar-refractivity contribution in [3.8, 4) is 5.75 Å². The van der Waals surface area contributed by atoms with Crippen LogP contribution in [0.15, 0.2) is 22.7 Å². The number of rotatable bonds is 3. The molecule has 0 aromatic heterocycles. The van der Waals surface area contributed by atoms with E-state index in [1.165, 1.54) is 0 Å². The Morgan fingerprint density at radius 3 is 2.85 bits per heavy atom. The van der Waals surface area contributed by atoms with Crippen molar-refractivity contribution in [1.29, 1.82) is 0 Å². The highest BCUT2D eigenvalue weighted by Gasteiger charge is 2.13. The lowest BCUT2D eigenvalue weighted by Crippen LogP contribution is -2.12. The Bertz CT molecular complexity index is 291. The van der Waals surface area contributed by atoms with Crippen molar-refractivity contribution in [2.75, 3.05) is 13.7 Å². The Hall–Kier alpha value is -0.580. The third kappa shape index (κ3) is 2.21. The average Bonchev–Trinajstić information content (AvgIpc) is 2.16. The lowest BCUT2D eigenvalue weighted by Gasteiger charge is -2.13. The average molecular weight is 246 g/mol. The van der Waals surface area contributed by atoms with Gasteiger partial charge in [-0.05, 0) is 22.0 Å². The van der Waals surface area contributed by atoms with Crippen LogP contribution < -0.4 is 10.5 Å². The largest absolute Gasteiger partial charge is 0.495 e. The molecule has 72 valence electrons. The van der Waals surface area contributed by atoms with Gasteiger partial charge < -0.3 is 15.6 Å². The van der Waals surface area contributed by atoms with Crippen molar-refractivity contribution >= 4 is 15.9 Å². The number of aliphatic hydroxyl groups is 1. The number of para-hydroxylation sites is 1. The van der Waals surface area contributed by atoms with Crippen molar-refractivity contribution in [2.24, 2.45) is 5.73 Å². The Morgan fingerprint density at radius 1 is 1.62 bits per heavy atom. The highest BCUT2D eigenvalue weighted by molar-refractivity contribution is 9.10. The molecule has 0 aliphatic heterocycles. The van der Waals surface area contributed by atoms with Crippen molar-refractivity contribution in [2.45, 2.75) is 6.10 Å². The minimum absolute atomic E-state index is 0.187. The van der Waals surface area contributed by atoms with Crippen LogP contribution in [0, 0.1) is 0 Å². The van der Waals surface area contributed by atoms with Gasteiger partial charge in [0.1, 0.15) is 5.75 Å². The van der Waals surface area contributed by atoms with E-state index >= 15 is 0 Å². The predicted molar refractivity (Wildman–Crippen MR) is 54.7 cm³/mol. The number of hydrogen-bond donors (Lipinski definition) is 2. The smallest absolute Gasteiger partial charge is 0.138 e. The fourth-order valence-corrected chi connectivity index (χ4v) is 1.67. The molecule has 0 fully saturated rings. The summed E-state index contributed by atoms with van der Waals surface area (Å²) in [6.45, 7) is 0.187. The van der Waals surface area contributed by atoms with E-state index in [4.69, 9.17) is 10.5 Å². The lowest BCUT2D eigenvalue weighted by atomic mass is 10.1. The highest BCUT2D eigenvalue weighted by atomic mass is 79.9. The first-order chi connectivity index (χ1) is 6.20. The molecule has 0 saturated heterocycles. The van der Waals surface area contributed by atoms with Crippen LogP contribution in [-0.2, 0) is 0 Å². The first-order valence-electron chi connectivity index (χ1n) is 3.91. The molecule has 0 bridgehead atoms. The van der Waals surface area contributed by atoms with Gasteiger partial charge in [0.25, 0.3) is 0 Å². The molecule has 0 aliphatic carbocycles. The second-order valence-electron chi connectivity index (χ2n) is 2.61. The van der Waals surface area contributed by atoms with Gasteiger partial charge in [0.05, 0.1) is 17.7 Å². The molecule has 1 atom stereocenters. The van der Waals surface area contributed by atoms with E-state index in [1.807, 2.05) is 12.1 Å². The van der Waals surface area contributed by atoms with E-state index < -0.39 is 6.10 Å². The molecule has 1 rings (SSSR count). The number of benzene rings is 1. The van der Waals surface area contributed by atoms with E-state index in [0.717, 1.165) is 4.47 Å². The summed E-state index contributed by atoms with van der Waals surface area (Å²) in [6.07, 6.45) is -0.674. The zero-order valence-electron chi connectivity index (χ0n) is 7.33. The van der Waals surface area contributed by atoms with Crippen molar-refractivity contribution in [3.63, 3.8) is 0 Å². The standard InChI is InChI=1S/C9H12BrNO2/c1-13-9-6(8(12)5-11)3-2-4-7(9)10/h2-4,8,12H,5,11H2,1H3. The Kier molecular flexibility index (Phi) is 3.71. The van der Waals surface area contributed by atoms with Gasteiger partial charge in [-0.1, -0.05) is 12.1 Å². The van der Waals surface area contributed by atoms with Crippen LogP contribution in [-0.4, -0.2) is 18.8 Å². The van der Waals surface area contributed by atoms with Gasteiger partial charge in [0.2, 0.25) is 0 Å².